The molecule has 0 N–H and O–H groups in total. The van der Waals surface area contributed by atoms with E-state index in [0.717, 1.165) is 34.7 Å². The van der Waals surface area contributed by atoms with Gasteiger partial charge in [0, 0.05) is 11.6 Å². The zero-order valence-electron chi connectivity index (χ0n) is 20.8. The molecule has 0 bridgehead atoms. The first kappa shape index (κ1) is 24.2. The number of carbonyl (C=O) groups excluding carboxylic acids is 3. The van der Waals surface area contributed by atoms with E-state index >= 15 is 0 Å². The number of thiazole rings is 1. The van der Waals surface area contributed by atoms with E-state index in [2.05, 4.69) is 29.2 Å². The Morgan fingerprint density at radius 2 is 1.61 bits per heavy atom. The van der Waals surface area contributed by atoms with Crippen LogP contribution in [0.2, 0.25) is 0 Å². The predicted molar refractivity (Wildman–Crippen MR) is 146 cm³/mol. The van der Waals surface area contributed by atoms with Gasteiger partial charge in [-0.1, -0.05) is 66.7 Å². The molecule has 6 rings (SSSR count). The molecule has 6 nitrogen and oxygen atoms in total. The van der Waals surface area contributed by atoms with Crippen LogP contribution in [0.1, 0.15) is 54.9 Å². The Balaban J connectivity index is 1.37. The van der Waals surface area contributed by atoms with Gasteiger partial charge in [0.15, 0.2) is 0 Å². The summed E-state index contributed by atoms with van der Waals surface area (Å²) in [4.78, 5) is 47.7. The van der Waals surface area contributed by atoms with E-state index in [0.29, 0.717) is 17.7 Å². The van der Waals surface area contributed by atoms with Gasteiger partial charge in [-0.3, -0.25) is 19.3 Å². The third-order valence-electron chi connectivity index (χ3n) is 7.56. The number of hydrogen-bond acceptors (Lipinski definition) is 5. The fraction of sp³-hybridized carbons (Fsp3) is 0.226. The molecule has 0 unspecified atom stereocenters. The van der Waals surface area contributed by atoms with Gasteiger partial charge in [0.05, 0.1) is 23.7 Å². The Bertz CT molecular complexity index is 1450. The largest absolute Gasteiger partial charge is 0.327 e. The molecular weight excluding hydrogens is 494 g/mol. The first-order chi connectivity index (χ1) is 18.6. The molecular formula is C31H27N3O3S. The summed E-state index contributed by atoms with van der Waals surface area (Å²) in [6.45, 7) is 0.0262. The molecule has 38 heavy (non-hydrogen) atoms. The molecule has 3 amide bonds. The lowest BCUT2D eigenvalue weighted by molar-refractivity contribution is -0.136. The average Bonchev–Trinajstić information content (AvgIpc) is 3.55. The summed E-state index contributed by atoms with van der Waals surface area (Å²) in [6.07, 6.45) is 4.45. The van der Waals surface area contributed by atoms with Crippen molar-refractivity contribution in [3.05, 3.63) is 123 Å². The number of carbonyl (C=O) groups is 3. The van der Waals surface area contributed by atoms with Crippen LogP contribution in [0, 0.1) is 5.92 Å². The highest BCUT2D eigenvalue weighted by Crippen LogP contribution is 2.41. The molecule has 1 aliphatic heterocycles. The zero-order valence-corrected chi connectivity index (χ0v) is 21.6. The third-order valence-corrected chi connectivity index (χ3v) is 8.33. The van der Waals surface area contributed by atoms with Gasteiger partial charge >= 0.3 is 0 Å². The van der Waals surface area contributed by atoms with Crippen molar-refractivity contribution in [3.8, 4) is 0 Å². The van der Waals surface area contributed by atoms with Crippen LogP contribution in [0.3, 0.4) is 0 Å². The maximum atomic E-state index is 14.1. The van der Waals surface area contributed by atoms with E-state index in [9.17, 15) is 14.4 Å². The summed E-state index contributed by atoms with van der Waals surface area (Å²) in [5.74, 6) is -0.913. The molecule has 0 saturated carbocycles. The van der Waals surface area contributed by atoms with Crippen LogP contribution in [0.4, 0.5) is 0 Å². The van der Waals surface area contributed by atoms with Crippen LogP contribution < -0.4 is 0 Å². The van der Waals surface area contributed by atoms with Crippen molar-refractivity contribution in [2.75, 3.05) is 6.54 Å². The Hall–Kier alpha value is -4.10. The molecule has 0 spiro atoms. The van der Waals surface area contributed by atoms with Gasteiger partial charge in [-0.2, -0.15) is 0 Å². The molecule has 4 aromatic rings. The monoisotopic (exact) mass is 521 g/mol. The summed E-state index contributed by atoms with van der Waals surface area (Å²) in [7, 11) is 0. The maximum absolute atomic E-state index is 14.1. The molecule has 2 aliphatic rings. The molecule has 2 heterocycles. The van der Waals surface area contributed by atoms with Gasteiger partial charge in [0.1, 0.15) is 11.6 Å². The van der Waals surface area contributed by atoms with E-state index in [-0.39, 0.29) is 24.4 Å². The molecule has 3 aromatic carbocycles. The quantitative estimate of drug-likeness (QED) is 0.309. The molecule has 0 radical (unpaired) electrons. The van der Waals surface area contributed by atoms with Gasteiger partial charge < -0.3 is 4.90 Å². The Morgan fingerprint density at radius 1 is 0.921 bits per heavy atom. The van der Waals surface area contributed by atoms with Crippen LogP contribution >= 0.6 is 11.3 Å². The number of imide groups is 1. The summed E-state index contributed by atoms with van der Waals surface area (Å²) in [5, 5.41) is 2.72. The number of amides is 3. The number of benzene rings is 3. The first-order valence-electron chi connectivity index (χ1n) is 12.8. The fourth-order valence-electron chi connectivity index (χ4n) is 5.78. The van der Waals surface area contributed by atoms with Gasteiger partial charge in [-0.25, -0.2) is 4.98 Å². The summed E-state index contributed by atoms with van der Waals surface area (Å²) in [6, 6.07) is 25.2. The average molecular weight is 522 g/mol. The topological polar surface area (TPSA) is 70.6 Å². The van der Waals surface area contributed by atoms with Crippen molar-refractivity contribution in [2.24, 2.45) is 5.92 Å². The minimum atomic E-state index is -0.418. The standard InChI is InChI=1S/C31H27N3O3S/c35-28(20-34-30(36)25-12-6-7-13-26(25)31(34)37)33(19-27-32-16-17-38-27)29-23(18-21-8-2-1-3-9-21)15-14-22-10-4-5-11-24(22)29/h1-13,16-17,23,29H,14-15,18-20H2/t23-,29-/m0/s1. The van der Waals surface area contributed by atoms with Crippen LogP contribution in [-0.2, 0) is 24.2 Å². The van der Waals surface area contributed by atoms with E-state index < -0.39 is 11.8 Å². The Labute approximate surface area is 225 Å². The molecule has 2 atom stereocenters. The van der Waals surface area contributed by atoms with Crippen molar-refractivity contribution in [2.45, 2.75) is 31.8 Å². The fourth-order valence-corrected chi connectivity index (χ4v) is 6.40. The van der Waals surface area contributed by atoms with Crippen molar-refractivity contribution in [1.82, 2.24) is 14.8 Å². The van der Waals surface area contributed by atoms with Crippen molar-refractivity contribution < 1.29 is 14.4 Å². The Morgan fingerprint density at radius 3 is 2.32 bits per heavy atom. The predicted octanol–water partition coefficient (Wildman–Crippen LogP) is 5.31. The van der Waals surface area contributed by atoms with E-state index in [4.69, 9.17) is 0 Å². The highest BCUT2D eigenvalue weighted by atomic mass is 32.1. The summed E-state index contributed by atoms with van der Waals surface area (Å²) >= 11 is 1.50. The minimum Gasteiger partial charge on any atom is -0.327 e. The summed E-state index contributed by atoms with van der Waals surface area (Å²) in [5.41, 5.74) is 4.29. The van der Waals surface area contributed by atoms with Crippen molar-refractivity contribution in [3.63, 3.8) is 0 Å². The van der Waals surface area contributed by atoms with Gasteiger partial charge in [-0.05, 0) is 54.0 Å². The molecule has 0 fully saturated rings. The number of aryl methyl sites for hydroxylation is 1. The van der Waals surface area contributed by atoms with Gasteiger partial charge in [-0.15, -0.1) is 11.3 Å². The van der Waals surface area contributed by atoms with Gasteiger partial charge in [0.25, 0.3) is 11.8 Å². The first-order valence-corrected chi connectivity index (χ1v) is 13.7. The second-order valence-corrected chi connectivity index (χ2v) is 10.8. The van der Waals surface area contributed by atoms with E-state index in [1.807, 2.05) is 40.6 Å². The van der Waals surface area contributed by atoms with Crippen LogP contribution in [0.15, 0.2) is 90.4 Å². The number of aromatic nitrogens is 1. The number of nitrogens with zero attached hydrogens (tertiary/aromatic N) is 3. The van der Waals surface area contributed by atoms with Crippen LogP contribution in [0.25, 0.3) is 0 Å². The molecule has 190 valence electrons. The zero-order chi connectivity index (χ0) is 26.1. The lowest BCUT2D eigenvalue weighted by Gasteiger charge is -2.41. The van der Waals surface area contributed by atoms with E-state index in [1.54, 1.807) is 30.5 Å². The summed E-state index contributed by atoms with van der Waals surface area (Å²) < 4.78 is 0. The third kappa shape index (κ3) is 4.54. The van der Waals surface area contributed by atoms with Gasteiger partial charge in [0.2, 0.25) is 5.91 Å². The maximum Gasteiger partial charge on any atom is 0.262 e. The highest BCUT2D eigenvalue weighted by molar-refractivity contribution is 7.09. The van der Waals surface area contributed by atoms with E-state index in [1.165, 1.54) is 22.5 Å². The normalized spacial score (nSPS) is 18.3. The second kappa shape index (κ2) is 10.3. The minimum absolute atomic E-state index is 0.179. The molecule has 7 heteroatoms. The number of hydrogen-bond donors (Lipinski definition) is 0. The number of rotatable bonds is 7. The lowest BCUT2D eigenvalue weighted by atomic mass is 9.76. The molecule has 1 aromatic heterocycles. The SMILES string of the molecule is O=C1c2ccccc2C(=O)N1CC(=O)N(Cc1nccs1)[C@@H]1c2ccccc2CC[C@H]1Cc1ccccc1. The molecule has 0 saturated heterocycles. The van der Waals surface area contributed by atoms with Crippen LogP contribution in [-0.4, -0.2) is 39.1 Å². The van der Waals surface area contributed by atoms with Crippen LogP contribution in [0.5, 0.6) is 0 Å². The van der Waals surface area contributed by atoms with Crippen molar-refractivity contribution in [1.29, 1.82) is 0 Å². The smallest absolute Gasteiger partial charge is 0.262 e. The molecule has 1 aliphatic carbocycles. The second-order valence-electron chi connectivity index (χ2n) is 9.82. The van der Waals surface area contributed by atoms with Crippen molar-refractivity contribution >= 4 is 29.1 Å². The highest BCUT2D eigenvalue weighted by Gasteiger charge is 2.41. The number of fused-ring (bicyclic) bond motifs is 2. The Kier molecular flexibility index (Phi) is 6.60. The lowest BCUT2D eigenvalue weighted by Crippen LogP contribution is -2.46.